The first-order chi connectivity index (χ1) is 32.2. The molecule has 1 saturated carbocycles. The van der Waals surface area contributed by atoms with Gasteiger partial charge in [0.15, 0.2) is 34.9 Å². The van der Waals surface area contributed by atoms with Crippen LogP contribution in [-0.2, 0) is 12.2 Å². The van der Waals surface area contributed by atoms with Crippen LogP contribution >= 0.6 is 0 Å². The maximum atomic E-state index is 15.6. The van der Waals surface area contributed by atoms with Crippen molar-refractivity contribution in [3.05, 3.63) is 154 Å². The molecule has 6 aromatic carbocycles. The van der Waals surface area contributed by atoms with Gasteiger partial charge in [-0.3, -0.25) is 0 Å². The van der Waals surface area contributed by atoms with Crippen LogP contribution in [0.4, 0.5) is 61.5 Å². The summed E-state index contributed by atoms with van der Waals surface area (Å²) < 4.78 is 226. The van der Waals surface area contributed by atoms with Gasteiger partial charge in [-0.1, -0.05) is 44.7 Å². The first-order valence-corrected chi connectivity index (χ1v) is 21.2. The first-order valence-electron chi connectivity index (χ1n) is 21.2. The molecule has 0 N–H and O–H groups in total. The minimum absolute atomic E-state index is 0.00889. The molecule has 1 fully saturated rings. The van der Waals surface area contributed by atoms with Gasteiger partial charge in [0.25, 0.3) is 0 Å². The van der Waals surface area contributed by atoms with Crippen molar-refractivity contribution in [3.8, 4) is 56.4 Å². The van der Waals surface area contributed by atoms with E-state index in [1.165, 1.54) is 36.4 Å². The van der Waals surface area contributed by atoms with Crippen LogP contribution in [0, 0.1) is 75.9 Å². The largest absolute Gasteiger partial charge is 0.493 e. The van der Waals surface area contributed by atoms with Crippen molar-refractivity contribution in [2.45, 2.75) is 57.7 Å². The lowest BCUT2D eigenvalue weighted by Gasteiger charge is -2.33. The van der Waals surface area contributed by atoms with Gasteiger partial charge in [0, 0.05) is 41.3 Å². The standard InChI is InChI=1S/C50H36F14O4/c1-2-3-24-4-6-25(7-5-24)30-22-65-43-10-8-26(28-14-35(51)45(36(52)15-28)49(61,62)67-31-18-39(55)47(59)40(56)19-31)12-33(43)34-13-27(9-11-44(34)66-23-30)29-16-37(53)46(38(54)17-29)50(63,64)68-32-20-41(57)48(60)42(58)21-32/h8-21,24-25,30H,2-7,22-23H2,1H3/t24-,25-. The lowest BCUT2D eigenvalue weighted by atomic mass is 9.75. The van der Waals surface area contributed by atoms with Gasteiger partial charge in [0.2, 0.25) is 0 Å². The smallest absolute Gasteiger partial charge is 0.432 e. The van der Waals surface area contributed by atoms with Gasteiger partial charge >= 0.3 is 12.2 Å². The summed E-state index contributed by atoms with van der Waals surface area (Å²) in [5, 5.41) is 0. The van der Waals surface area contributed by atoms with Gasteiger partial charge in [-0.15, -0.1) is 0 Å². The normalized spacial score (nSPS) is 16.7. The molecule has 358 valence electrons. The van der Waals surface area contributed by atoms with Gasteiger partial charge in [-0.2, -0.15) is 17.6 Å². The first kappa shape index (κ1) is 48.0. The zero-order valence-electron chi connectivity index (χ0n) is 35.4. The molecule has 1 aliphatic carbocycles. The van der Waals surface area contributed by atoms with E-state index < -0.39 is 93.0 Å². The van der Waals surface area contributed by atoms with Gasteiger partial charge in [0.05, 0.1) is 13.2 Å². The SMILES string of the molecule is CCC[C@H]1CC[C@H](C2COc3ccc(-c4cc(F)c(C(F)(F)Oc5cc(F)c(F)c(F)c5)c(F)c4)cc3-c3cc(-c4cc(F)c(C(F)(F)Oc5cc(F)c(F)c(F)c5)c(F)c4)ccc3OC2)CC1. The minimum atomic E-state index is -4.87. The molecule has 1 heterocycles. The highest BCUT2D eigenvalue weighted by atomic mass is 19.3. The van der Waals surface area contributed by atoms with E-state index in [1.54, 1.807) is 0 Å². The molecule has 8 rings (SSSR count). The number of rotatable bonds is 11. The van der Waals surface area contributed by atoms with E-state index in [1.807, 2.05) is 0 Å². The zero-order chi connectivity index (χ0) is 48.8. The van der Waals surface area contributed by atoms with Gasteiger partial charge in [-0.25, -0.2) is 43.9 Å². The van der Waals surface area contributed by atoms with Crippen molar-refractivity contribution in [1.29, 1.82) is 0 Å². The molecule has 6 aromatic rings. The molecule has 0 bridgehead atoms. The lowest BCUT2D eigenvalue weighted by Crippen LogP contribution is -2.30. The van der Waals surface area contributed by atoms with Crippen molar-refractivity contribution >= 4 is 0 Å². The molecule has 0 radical (unpaired) electrons. The van der Waals surface area contributed by atoms with Crippen molar-refractivity contribution in [3.63, 3.8) is 0 Å². The van der Waals surface area contributed by atoms with Crippen LogP contribution in [0.15, 0.2) is 84.9 Å². The fourth-order valence-corrected chi connectivity index (χ4v) is 8.78. The molecule has 68 heavy (non-hydrogen) atoms. The molecule has 0 saturated heterocycles. The Balaban J connectivity index is 1.17. The van der Waals surface area contributed by atoms with Crippen LogP contribution in [0.25, 0.3) is 33.4 Å². The van der Waals surface area contributed by atoms with Crippen LogP contribution in [0.2, 0.25) is 0 Å². The molecule has 4 nitrogen and oxygen atoms in total. The second-order valence-corrected chi connectivity index (χ2v) is 16.6. The summed E-state index contributed by atoms with van der Waals surface area (Å²) in [5.41, 5.74) is -4.15. The summed E-state index contributed by atoms with van der Waals surface area (Å²) in [5.74, 6) is -20.5. The average molecular weight is 967 g/mol. The van der Waals surface area contributed by atoms with E-state index in [-0.39, 0.29) is 94.2 Å². The third kappa shape index (κ3) is 9.77. The van der Waals surface area contributed by atoms with Crippen LogP contribution < -0.4 is 18.9 Å². The maximum Gasteiger partial charge on any atom is 0.432 e. The van der Waals surface area contributed by atoms with E-state index in [4.69, 9.17) is 9.47 Å². The Labute approximate surface area is 379 Å². The van der Waals surface area contributed by atoms with Gasteiger partial charge in [-0.05, 0) is 95.5 Å². The van der Waals surface area contributed by atoms with Crippen molar-refractivity contribution in [2.75, 3.05) is 13.2 Å². The van der Waals surface area contributed by atoms with E-state index in [9.17, 15) is 26.3 Å². The van der Waals surface area contributed by atoms with Crippen LogP contribution in [-0.4, -0.2) is 13.2 Å². The number of alkyl halides is 4. The second-order valence-electron chi connectivity index (χ2n) is 16.6. The highest BCUT2D eigenvalue weighted by molar-refractivity contribution is 5.84. The van der Waals surface area contributed by atoms with E-state index in [2.05, 4.69) is 16.4 Å². The molecule has 18 heteroatoms. The molecular weight excluding hydrogens is 931 g/mol. The summed E-state index contributed by atoms with van der Waals surface area (Å²) in [4.78, 5) is 0. The van der Waals surface area contributed by atoms with E-state index >= 15 is 35.1 Å². The lowest BCUT2D eigenvalue weighted by molar-refractivity contribution is -0.190. The summed E-state index contributed by atoms with van der Waals surface area (Å²) in [6.07, 6.45) is -3.76. The fraction of sp³-hybridized carbons (Fsp3) is 0.280. The molecule has 0 aromatic heterocycles. The number of hydrogen-bond acceptors (Lipinski definition) is 4. The highest BCUT2D eigenvalue weighted by Crippen LogP contribution is 2.46. The summed E-state index contributed by atoms with van der Waals surface area (Å²) in [6, 6.07) is 10.8. The van der Waals surface area contributed by atoms with E-state index in [0.717, 1.165) is 38.5 Å². The Kier molecular flexibility index (Phi) is 13.3. The topological polar surface area (TPSA) is 36.9 Å². The number of benzene rings is 6. The number of hydrogen-bond donors (Lipinski definition) is 0. The number of halogens is 14. The monoisotopic (exact) mass is 966 g/mol. The summed E-state index contributed by atoms with van der Waals surface area (Å²) >= 11 is 0. The molecule has 1 aliphatic heterocycles. The third-order valence-corrected chi connectivity index (χ3v) is 12.1. The average Bonchev–Trinajstić information content (AvgIpc) is 3.34. The van der Waals surface area contributed by atoms with Crippen molar-refractivity contribution < 1.29 is 80.4 Å². The van der Waals surface area contributed by atoms with Crippen LogP contribution in [0.5, 0.6) is 23.0 Å². The Hall–Kier alpha value is -6.46. The third-order valence-electron chi connectivity index (χ3n) is 12.1. The second kappa shape index (κ2) is 18.9. The predicted octanol–water partition coefficient (Wildman–Crippen LogP) is 15.3. The summed E-state index contributed by atoms with van der Waals surface area (Å²) in [6.45, 7) is 2.43. The van der Waals surface area contributed by atoms with Gasteiger partial charge in [0.1, 0.15) is 57.4 Å². The fourth-order valence-electron chi connectivity index (χ4n) is 8.78. The van der Waals surface area contributed by atoms with Crippen molar-refractivity contribution in [1.82, 2.24) is 0 Å². The van der Waals surface area contributed by atoms with Crippen LogP contribution in [0.1, 0.15) is 56.6 Å². The van der Waals surface area contributed by atoms with Crippen molar-refractivity contribution in [2.24, 2.45) is 17.8 Å². The van der Waals surface area contributed by atoms with Crippen LogP contribution in [0.3, 0.4) is 0 Å². The molecule has 0 amide bonds. The number of fused-ring (bicyclic) bond motifs is 3. The van der Waals surface area contributed by atoms with Gasteiger partial charge < -0.3 is 18.9 Å². The zero-order valence-corrected chi connectivity index (χ0v) is 35.4. The molecule has 0 atom stereocenters. The molecule has 2 aliphatic rings. The minimum Gasteiger partial charge on any atom is -0.493 e. The Morgan fingerprint density at radius 2 is 0.824 bits per heavy atom. The highest BCUT2D eigenvalue weighted by Gasteiger charge is 2.43. The Morgan fingerprint density at radius 3 is 1.18 bits per heavy atom. The molecule has 0 unspecified atom stereocenters. The Morgan fingerprint density at radius 1 is 0.456 bits per heavy atom. The molecular formula is C50H36F14O4. The Bertz CT molecular complexity index is 2610. The predicted molar refractivity (Wildman–Crippen MR) is 219 cm³/mol. The maximum absolute atomic E-state index is 15.6. The molecule has 0 spiro atoms. The van der Waals surface area contributed by atoms with E-state index in [0.29, 0.717) is 30.2 Å². The number of ether oxygens (including phenoxy) is 4. The quantitative estimate of drug-likeness (QED) is 0.0958. The summed E-state index contributed by atoms with van der Waals surface area (Å²) in [7, 11) is 0.